The van der Waals surface area contributed by atoms with Crippen molar-refractivity contribution < 1.29 is 14.0 Å². The van der Waals surface area contributed by atoms with Gasteiger partial charge in [0.2, 0.25) is 5.91 Å². The SMILES string of the molecule is C[C@H](C(=O)Nc1ccc(Br)c(F)c1)c1cccc(C(=O)c2ccccc2)c1. The summed E-state index contributed by atoms with van der Waals surface area (Å²) in [6, 6.07) is 20.4. The number of hydrogen-bond donors (Lipinski definition) is 1. The van der Waals surface area contributed by atoms with Gasteiger partial charge < -0.3 is 5.32 Å². The van der Waals surface area contributed by atoms with Crippen molar-refractivity contribution in [3.63, 3.8) is 0 Å². The van der Waals surface area contributed by atoms with Crippen LogP contribution in [0.1, 0.15) is 34.3 Å². The Bertz CT molecular complexity index is 989. The molecule has 1 amide bonds. The number of nitrogens with one attached hydrogen (secondary N) is 1. The van der Waals surface area contributed by atoms with Crippen molar-refractivity contribution >= 4 is 33.3 Å². The quantitative estimate of drug-likeness (QED) is 0.543. The molecule has 3 nitrogen and oxygen atoms in total. The average Bonchev–Trinajstić information content (AvgIpc) is 2.70. The second-order valence-electron chi connectivity index (χ2n) is 6.16. The smallest absolute Gasteiger partial charge is 0.231 e. The number of rotatable bonds is 5. The molecule has 136 valence electrons. The number of hydrogen-bond acceptors (Lipinski definition) is 2. The molecule has 0 aliphatic rings. The van der Waals surface area contributed by atoms with Gasteiger partial charge in [-0.25, -0.2) is 4.39 Å². The molecule has 0 aliphatic heterocycles. The van der Waals surface area contributed by atoms with E-state index in [1.54, 1.807) is 49.4 Å². The van der Waals surface area contributed by atoms with E-state index >= 15 is 0 Å². The van der Waals surface area contributed by atoms with Crippen molar-refractivity contribution in [3.05, 3.63) is 99.8 Å². The molecule has 5 heteroatoms. The fourth-order valence-electron chi connectivity index (χ4n) is 2.68. The van der Waals surface area contributed by atoms with Crippen molar-refractivity contribution in [2.75, 3.05) is 5.32 Å². The average molecular weight is 426 g/mol. The zero-order valence-electron chi connectivity index (χ0n) is 14.6. The Labute approximate surface area is 165 Å². The van der Waals surface area contributed by atoms with Gasteiger partial charge in [0.15, 0.2) is 5.78 Å². The minimum absolute atomic E-state index is 0.0972. The highest BCUT2D eigenvalue weighted by Gasteiger charge is 2.18. The van der Waals surface area contributed by atoms with E-state index in [-0.39, 0.29) is 11.7 Å². The van der Waals surface area contributed by atoms with E-state index in [9.17, 15) is 14.0 Å². The topological polar surface area (TPSA) is 46.2 Å². The predicted octanol–water partition coefficient (Wildman–Crippen LogP) is 5.56. The lowest BCUT2D eigenvalue weighted by molar-refractivity contribution is -0.117. The molecule has 27 heavy (non-hydrogen) atoms. The van der Waals surface area contributed by atoms with Crippen LogP contribution in [0, 0.1) is 5.82 Å². The first-order valence-electron chi connectivity index (χ1n) is 8.41. The lowest BCUT2D eigenvalue weighted by Gasteiger charge is -2.14. The monoisotopic (exact) mass is 425 g/mol. The Morgan fingerprint density at radius 1 is 0.926 bits per heavy atom. The molecule has 0 saturated carbocycles. The van der Waals surface area contributed by atoms with Crippen LogP contribution < -0.4 is 5.32 Å². The molecule has 3 aromatic rings. The Balaban J connectivity index is 1.78. The normalized spacial score (nSPS) is 11.7. The van der Waals surface area contributed by atoms with Crippen LogP contribution in [-0.4, -0.2) is 11.7 Å². The fraction of sp³-hybridized carbons (Fsp3) is 0.0909. The van der Waals surface area contributed by atoms with Crippen LogP contribution in [0.15, 0.2) is 77.3 Å². The van der Waals surface area contributed by atoms with Gasteiger partial charge in [0, 0.05) is 16.8 Å². The summed E-state index contributed by atoms with van der Waals surface area (Å²) in [6.07, 6.45) is 0. The fourth-order valence-corrected chi connectivity index (χ4v) is 2.93. The molecule has 0 unspecified atom stereocenters. The molecule has 0 aromatic heterocycles. The van der Waals surface area contributed by atoms with Crippen LogP contribution in [0.25, 0.3) is 0 Å². The van der Waals surface area contributed by atoms with Crippen molar-refractivity contribution in [1.82, 2.24) is 0 Å². The summed E-state index contributed by atoms with van der Waals surface area (Å²) in [5.74, 6) is -1.32. The summed E-state index contributed by atoms with van der Waals surface area (Å²) in [7, 11) is 0. The molecule has 0 fully saturated rings. The third-order valence-corrected chi connectivity index (χ3v) is 4.91. The van der Waals surface area contributed by atoms with Gasteiger partial charge >= 0.3 is 0 Å². The van der Waals surface area contributed by atoms with E-state index in [1.807, 2.05) is 18.2 Å². The van der Waals surface area contributed by atoms with E-state index < -0.39 is 11.7 Å². The zero-order valence-corrected chi connectivity index (χ0v) is 16.2. The van der Waals surface area contributed by atoms with Gasteiger partial charge in [0.1, 0.15) is 5.82 Å². The maximum absolute atomic E-state index is 13.6. The number of carbonyl (C=O) groups is 2. The molecule has 0 aliphatic carbocycles. The molecular weight excluding hydrogens is 409 g/mol. The van der Waals surface area contributed by atoms with Gasteiger partial charge in [0.05, 0.1) is 10.4 Å². The van der Waals surface area contributed by atoms with E-state index in [4.69, 9.17) is 0 Å². The largest absolute Gasteiger partial charge is 0.325 e. The Hall–Kier alpha value is -2.79. The number of anilines is 1. The van der Waals surface area contributed by atoms with Crippen molar-refractivity contribution in [2.45, 2.75) is 12.8 Å². The van der Waals surface area contributed by atoms with Gasteiger partial charge in [-0.2, -0.15) is 0 Å². The van der Waals surface area contributed by atoms with E-state index in [0.29, 0.717) is 26.9 Å². The molecule has 0 spiro atoms. The summed E-state index contributed by atoms with van der Waals surface area (Å²) in [5, 5.41) is 2.70. The number of amides is 1. The van der Waals surface area contributed by atoms with Crippen LogP contribution in [-0.2, 0) is 4.79 Å². The van der Waals surface area contributed by atoms with Crippen molar-refractivity contribution in [1.29, 1.82) is 0 Å². The van der Waals surface area contributed by atoms with E-state index in [1.165, 1.54) is 12.1 Å². The summed E-state index contributed by atoms with van der Waals surface area (Å²) < 4.78 is 14.0. The second-order valence-corrected chi connectivity index (χ2v) is 7.01. The summed E-state index contributed by atoms with van der Waals surface area (Å²) in [4.78, 5) is 25.1. The summed E-state index contributed by atoms with van der Waals surface area (Å²) >= 11 is 3.08. The molecule has 1 atom stereocenters. The molecule has 0 saturated heterocycles. The molecule has 3 rings (SSSR count). The number of ketones is 1. The third-order valence-electron chi connectivity index (χ3n) is 4.27. The van der Waals surface area contributed by atoms with Crippen LogP contribution in [0.2, 0.25) is 0 Å². The Morgan fingerprint density at radius 3 is 2.33 bits per heavy atom. The van der Waals surface area contributed by atoms with Crippen molar-refractivity contribution in [2.24, 2.45) is 0 Å². The maximum Gasteiger partial charge on any atom is 0.231 e. The molecule has 0 bridgehead atoms. The first-order chi connectivity index (χ1) is 13.0. The Kier molecular flexibility index (Phi) is 5.81. The highest BCUT2D eigenvalue weighted by molar-refractivity contribution is 9.10. The van der Waals surface area contributed by atoms with Gasteiger partial charge in [0.25, 0.3) is 0 Å². The Morgan fingerprint density at radius 2 is 1.63 bits per heavy atom. The van der Waals surface area contributed by atoms with Gasteiger partial charge in [-0.05, 0) is 52.7 Å². The van der Waals surface area contributed by atoms with Gasteiger partial charge in [-0.3, -0.25) is 9.59 Å². The second kappa shape index (κ2) is 8.27. The van der Waals surface area contributed by atoms with Crippen LogP contribution in [0.4, 0.5) is 10.1 Å². The first-order valence-corrected chi connectivity index (χ1v) is 9.20. The number of carbonyl (C=O) groups excluding carboxylic acids is 2. The highest BCUT2D eigenvalue weighted by atomic mass is 79.9. The maximum atomic E-state index is 13.6. The minimum atomic E-state index is -0.500. The molecule has 3 aromatic carbocycles. The minimum Gasteiger partial charge on any atom is -0.325 e. The highest BCUT2D eigenvalue weighted by Crippen LogP contribution is 2.23. The van der Waals surface area contributed by atoms with E-state index in [0.717, 1.165) is 0 Å². The molecule has 0 heterocycles. The lowest BCUT2D eigenvalue weighted by Crippen LogP contribution is -2.19. The van der Waals surface area contributed by atoms with E-state index in [2.05, 4.69) is 21.2 Å². The number of halogens is 2. The van der Waals surface area contributed by atoms with Crippen LogP contribution >= 0.6 is 15.9 Å². The van der Waals surface area contributed by atoms with Crippen LogP contribution in [0.5, 0.6) is 0 Å². The standard InChI is InChI=1S/C22H17BrFNO2/c1-14(22(27)25-18-10-11-19(23)20(24)13-18)16-8-5-9-17(12-16)21(26)15-6-3-2-4-7-15/h2-14H,1H3,(H,25,27)/t14-/m0/s1. The number of benzene rings is 3. The lowest BCUT2D eigenvalue weighted by atomic mass is 9.95. The third kappa shape index (κ3) is 4.49. The van der Waals surface area contributed by atoms with Gasteiger partial charge in [-0.15, -0.1) is 0 Å². The molecule has 1 N–H and O–H groups in total. The van der Waals surface area contributed by atoms with Crippen molar-refractivity contribution in [3.8, 4) is 0 Å². The van der Waals surface area contributed by atoms with Gasteiger partial charge in [-0.1, -0.05) is 48.5 Å². The zero-order chi connectivity index (χ0) is 19.4. The molecular formula is C22H17BrFNO2. The summed E-state index contributed by atoms with van der Waals surface area (Å²) in [5.41, 5.74) is 2.21. The predicted molar refractivity (Wildman–Crippen MR) is 107 cm³/mol. The van der Waals surface area contributed by atoms with Crippen LogP contribution in [0.3, 0.4) is 0 Å². The molecule has 0 radical (unpaired) electrons. The first kappa shape index (κ1) is 19.0. The summed E-state index contributed by atoms with van der Waals surface area (Å²) in [6.45, 7) is 1.75.